The monoisotopic (exact) mass is 358 g/mol. The fourth-order valence-corrected chi connectivity index (χ4v) is 1.99. The minimum absolute atomic E-state index is 0.0611. The van der Waals surface area contributed by atoms with Gasteiger partial charge in [-0.05, 0) is 18.4 Å². The highest BCUT2D eigenvalue weighted by atomic mass is 31.1. The van der Waals surface area contributed by atoms with Crippen LogP contribution in [0.15, 0.2) is 18.2 Å². The van der Waals surface area contributed by atoms with Crippen LogP contribution in [0.4, 0.5) is 0 Å². The maximum Gasteiger partial charge on any atom is 0.316 e. The molecule has 0 aromatic heterocycles. The van der Waals surface area contributed by atoms with Gasteiger partial charge in [0, 0.05) is 5.56 Å². The zero-order chi connectivity index (χ0) is 18.8. The molecular weight excluding hydrogens is 327 g/mol. The minimum Gasteiger partial charge on any atom is -0.426 e. The number of hydrogen-bond donors (Lipinski definition) is 1. The molecule has 1 unspecified atom stereocenters. The first-order chi connectivity index (χ1) is 11.1. The van der Waals surface area contributed by atoms with Gasteiger partial charge in [-0.1, -0.05) is 65.2 Å². The summed E-state index contributed by atoms with van der Waals surface area (Å²) in [5.41, 5.74) is 1.90. The van der Waals surface area contributed by atoms with E-state index in [4.69, 9.17) is 9.63 Å². The lowest BCUT2D eigenvalue weighted by Crippen LogP contribution is -2.17. The Morgan fingerprint density at radius 3 is 2.25 bits per heavy atom. The molecular formula is C18H31O5P. The van der Waals surface area contributed by atoms with E-state index >= 15 is 0 Å². The van der Waals surface area contributed by atoms with E-state index < -0.39 is 14.2 Å². The molecule has 0 saturated carbocycles. The molecule has 1 rings (SSSR count). The molecule has 0 saturated heterocycles. The van der Waals surface area contributed by atoms with E-state index in [2.05, 4.69) is 18.4 Å². The molecule has 0 bridgehead atoms. The first kappa shape index (κ1) is 22.8. The molecule has 1 atom stereocenters. The van der Waals surface area contributed by atoms with Crippen molar-refractivity contribution in [2.45, 2.75) is 66.2 Å². The fraction of sp³-hybridized carbons (Fsp3) is 0.611. The molecule has 24 heavy (non-hydrogen) atoms. The molecule has 0 aliphatic rings. The number of benzene rings is 1. The SMILES string of the molecule is CCCC.Cc1ccc(OC(=O)CCO[PH](=O)O)c(C(C)(C)C)c1. The lowest BCUT2D eigenvalue weighted by Gasteiger charge is -2.22. The quantitative estimate of drug-likeness (QED) is 0.449. The Kier molecular flexibility index (Phi) is 10.9. The van der Waals surface area contributed by atoms with Crippen LogP contribution in [-0.4, -0.2) is 17.5 Å². The van der Waals surface area contributed by atoms with Crippen LogP contribution in [0.1, 0.15) is 65.0 Å². The Labute approximate surface area is 146 Å². The van der Waals surface area contributed by atoms with Gasteiger partial charge in [0.1, 0.15) is 5.75 Å². The Morgan fingerprint density at radius 2 is 1.79 bits per heavy atom. The summed E-state index contributed by atoms with van der Waals surface area (Å²) in [5.74, 6) is 0.0346. The highest BCUT2D eigenvalue weighted by Gasteiger charge is 2.20. The summed E-state index contributed by atoms with van der Waals surface area (Å²) in [5, 5.41) is 0. The largest absolute Gasteiger partial charge is 0.426 e. The van der Waals surface area contributed by atoms with Gasteiger partial charge in [0.15, 0.2) is 0 Å². The third-order valence-corrected chi connectivity index (χ3v) is 3.65. The van der Waals surface area contributed by atoms with Crippen molar-refractivity contribution in [3.63, 3.8) is 0 Å². The first-order valence-corrected chi connectivity index (χ1v) is 9.55. The number of unbranched alkanes of at least 4 members (excludes halogenated alkanes) is 1. The van der Waals surface area contributed by atoms with Crippen LogP contribution >= 0.6 is 8.25 Å². The van der Waals surface area contributed by atoms with Crippen LogP contribution in [0.5, 0.6) is 5.75 Å². The van der Waals surface area contributed by atoms with E-state index in [1.807, 2.05) is 39.8 Å². The van der Waals surface area contributed by atoms with Gasteiger partial charge >= 0.3 is 14.2 Å². The second-order valence-electron chi connectivity index (χ2n) is 6.59. The number of carbonyl (C=O) groups excluding carboxylic acids is 1. The first-order valence-electron chi connectivity index (χ1n) is 8.29. The van der Waals surface area contributed by atoms with Crippen molar-refractivity contribution in [1.29, 1.82) is 0 Å². The molecule has 0 aliphatic carbocycles. The van der Waals surface area contributed by atoms with Crippen molar-refractivity contribution in [2.24, 2.45) is 0 Å². The number of aryl methyl sites for hydroxylation is 1. The van der Waals surface area contributed by atoms with Crippen LogP contribution in [0.25, 0.3) is 0 Å². The molecule has 0 heterocycles. The second kappa shape index (κ2) is 11.4. The fourth-order valence-electron chi connectivity index (χ4n) is 1.71. The summed E-state index contributed by atoms with van der Waals surface area (Å²) in [6.45, 7) is 12.3. The van der Waals surface area contributed by atoms with E-state index in [0.717, 1.165) is 11.1 Å². The van der Waals surface area contributed by atoms with Crippen molar-refractivity contribution in [3.8, 4) is 5.75 Å². The van der Waals surface area contributed by atoms with Crippen LogP contribution in [-0.2, 0) is 19.3 Å². The van der Waals surface area contributed by atoms with Crippen LogP contribution in [0, 0.1) is 6.92 Å². The van der Waals surface area contributed by atoms with Crippen molar-refractivity contribution >= 4 is 14.2 Å². The maximum atomic E-state index is 11.7. The summed E-state index contributed by atoms with van der Waals surface area (Å²) in [4.78, 5) is 20.2. The number of rotatable bonds is 6. The normalized spacial score (nSPS) is 12.1. The summed E-state index contributed by atoms with van der Waals surface area (Å²) >= 11 is 0. The molecule has 0 radical (unpaired) electrons. The smallest absolute Gasteiger partial charge is 0.316 e. The van der Waals surface area contributed by atoms with Crippen molar-refractivity contribution in [2.75, 3.05) is 6.61 Å². The zero-order valence-electron chi connectivity index (χ0n) is 15.6. The van der Waals surface area contributed by atoms with Gasteiger partial charge in [-0.2, -0.15) is 0 Å². The predicted octanol–water partition coefficient (Wildman–Crippen LogP) is 4.79. The standard InChI is InChI=1S/C14H21O5P.C4H10/c1-10-5-6-12(11(9-10)14(2,3)4)19-13(15)7-8-18-20(16)17;1-3-4-2/h5-6,9,20H,7-8H2,1-4H3,(H,16,17);3-4H2,1-2H3. The summed E-state index contributed by atoms with van der Waals surface area (Å²) < 4.78 is 20.2. The molecule has 0 fully saturated rings. The van der Waals surface area contributed by atoms with Gasteiger partial charge in [0.2, 0.25) is 0 Å². The lowest BCUT2D eigenvalue weighted by molar-refractivity contribution is -0.134. The van der Waals surface area contributed by atoms with Gasteiger partial charge in [-0.3, -0.25) is 9.36 Å². The molecule has 0 amide bonds. The number of hydrogen-bond acceptors (Lipinski definition) is 4. The van der Waals surface area contributed by atoms with E-state index in [-0.39, 0.29) is 18.4 Å². The van der Waals surface area contributed by atoms with Crippen molar-refractivity contribution in [1.82, 2.24) is 0 Å². The van der Waals surface area contributed by atoms with Crippen LogP contribution in [0.3, 0.4) is 0 Å². The topological polar surface area (TPSA) is 72.8 Å². The van der Waals surface area contributed by atoms with Gasteiger partial charge in [-0.25, -0.2) is 0 Å². The van der Waals surface area contributed by atoms with Gasteiger partial charge in [-0.15, -0.1) is 0 Å². The third kappa shape index (κ3) is 9.86. The van der Waals surface area contributed by atoms with Gasteiger partial charge < -0.3 is 14.2 Å². The average Bonchev–Trinajstić information content (AvgIpc) is 2.48. The molecule has 1 N–H and O–H groups in total. The molecule has 1 aromatic rings. The van der Waals surface area contributed by atoms with E-state index in [1.165, 1.54) is 12.8 Å². The highest BCUT2D eigenvalue weighted by molar-refractivity contribution is 7.32. The van der Waals surface area contributed by atoms with Gasteiger partial charge in [0.05, 0.1) is 13.0 Å². The number of carbonyl (C=O) groups is 1. The number of esters is 1. The average molecular weight is 358 g/mol. The van der Waals surface area contributed by atoms with Crippen LogP contribution < -0.4 is 4.74 Å². The Hall–Kier alpha value is -1.16. The third-order valence-electron chi connectivity index (χ3n) is 3.20. The zero-order valence-corrected chi connectivity index (χ0v) is 16.6. The molecule has 5 nitrogen and oxygen atoms in total. The van der Waals surface area contributed by atoms with Crippen molar-refractivity contribution < 1.29 is 23.5 Å². The molecule has 0 spiro atoms. The Balaban J connectivity index is 0.00000118. The molecule has 0 aliphatic heterocycles. The van der Waals surface area contributed by atoms with E-state index in [9.17, 15) is 9.36 Å². The predicted molar refractivity (Wildman–Crippen MR) is 97.9 cm³/mol. The Morgan fingerprint density at radius 1 is 1.21 bits per heavy atom. The van der Waals surface area contributed by atoms with E-state index in [1.54, 1.807) is 6.07 Å². The maximum absolute atomic E-state index is 11.7. The molecule has 1 aromatic carbocycles. The Bertz CT molecular complexity index is 533. The highest BCUT2D eigenvalue weighted by Crippen LogP contribution is 2.32. The van der Waals surface area contributed by atoms with E-state index in [0.29, 0.717) is 5.75 Å². The lowest BCUT2D eigenvalue weighted by atomic mass is 9.85. The summed E-state index contributed by atoms with van der Waals surface area (Å²) in [7, 11) is -3.00. The molecule has 138 valence electrons. The number of ether oxygens (including phenoxy) is 1. The molecule has 6 heteroatoms. The van der Waals surface area contributed by atoms with Crippen molar-refractivity contribution in [3.05, 3.63) is 29.3 Å². The second-order valence-corrected chi connectivity index (χ2v) is 7.41. The minimum atomic E-state index is -3.00. The summed E-state index contributed by atoms with van der Waals surface area (Å²) in [6, 6.07) is 5.63. The van der Waals surface area contributed by atoms with Gasteiger partial charge in [0.25, 0.3) is 0 Å². The summed E-state index contributed by atoms with van der Waals surface area (Å²) in [6.07, 6.45) is 2.58. The van der Waals surface area contributed by atoms with Crippen LogP contribution in [0.2, 0.25) is 0 Å².